The van der Waals surface area contributed by atoms with Crippen molar-refractivity contribution in [3.05, 3.63) is 33.8 Å². The van der Waals surface area contributed by atoms with Crippen molar-refractivity contribution in [2.45, 2.75) is 31.6 Å². The summed E-state index contributed by atoms with van der Waals surface area (Å²) in [5.41, 5.74) is 1.13. The molecule has 0 N–H and O–H groups in total. The number of benzene rings is 1. The van der Waals surface area contributed by atoms with Gasteiger partial charge in [0.1, 0.15) is 0 Å². The Balaban J connectivity index is 1.59. The molecule has 1 amide bonds. The van der Waals surface area contributed by atoms with Gasteiger partial charge in [-0.1, -0.05) is 35.7 Å². The van der Waals surface area contributed by atoms with E-state index in [1.807, 2.05) is 30.1 Å². The van der Waals surface area contributed by atoms with Crippen LogP contribution >= 0.6 is 23.2 Å². The van der Waals surface area contributed by atoms with Crippen LogP contribution in [0.5, 0.6) is 0 Å². The van der Waals surface area contributed by atoms with E-state index in [1.54, 1.807) is 0 Å². The molecule has 2 atom stereocenters. The van der Waals surface area contributed by atoms with Crippen LogP contribution < -0.4 is 0 Å². The van der Waals surface area contributed by atoms with Crippen LogP contribution in [-0.2, 0) is 4.79 Å². The van der Waals surface area contributed by atoms with Gasteiger partial charge in [0.2, 0.25) is 5.91 Å². The Kier molecular flexibility index (Phi) is 3.96. The van der Waals surface area contributed by atoms with E-state index in [9.17, 15) is 4.79 Å². The van der Waals surface area contributed by atoms with Crippen molar-refractivity contribution in [2.24, 2.45) is 11.8 Å². The van der Waals surface area contributed by atoms with E-state index in [4.69, 9.17) is 23.2 Å². The Labute approximate surface area is 130 Å². The molecule has 20 heavy (non-hydrogen) atoms. The van der Waals surface area contributed by atoms with Crippen LogP contribution in [0.1, 0.15) is 37.2 Å². The standard InChI is InChI=1S/C16H19Cl2NO/c1-19(9-10-3-2-4-10)16(20)13-8-12(13)11-5-6-14(17)15(18)7-11/h5-7,10,12-13H,2-4,8-9H2,1H3. The number of hydrogen-bond acceptors (Lipinski definition) is 1. The second-order valence-electron chi connectivity index (χ2n) is 6.14. The third kappa shape index (κ3) is 2.82. The third-order valence-corrected chi connectivity index (χ3v) is 5.35. The predicted octanol–water partition coefficient (Wildman–Crippen LogP) is 4.36. The van der Waals surface area contributed by atoms with Crippen molar-refractivity contribution < 1.29 is 4.79 Å². The van der Waals surface area contributed by atoms with Gasteiger partial charge >= 0.3 is 0 Å². The highest BCUT2D eigenvalue weighted by Crippen LogP contribution is 2.49. The van der Waals surface area contributed by atoms with E-state index >= 15 is 0 Å². The average molecular weight is 312 g/mol. The van der Waals surface area contributed by atoms with Crippen molar-refractivity contribution in [1.82, 2.24) is 4.90 Å². The zero-order chi connectivity index (χ0) is 14.3. The number of hydrogen-bond donors (Lipinski definition) is 0. The number of amides is 1. The smallest absolute Gasteiger partial charge is 0.226 e. The summed E-state index contributed by atoms with van der Waals surface area (Å²) in [7, 11) is 1.94. The van der Waals surface area contributed by atoms with Crippen LogP contribution in [0, 0.1) is 11.8 Å². The molecule has 2 aliphatic rings. The molecule has 0 aromatic heterocycles. The van der Waals surface area contributed by atoms with Crippen LogP contribution in [0.2, 0.25) is 10.0 Å². The fourth-order valence-electron chi connectivity index (χ4n) is 3.02. The molecule has 0 radical (unpaired) electrons. The first-order valence-electron chi connectivity index (χ1n) is 7.26. The zero-order valence-corrected chi connectivity index (χ0v) is 13.1. The highest BCUT2D eigenvalue weighted by molar-refractivity contribution is 6.42. The van der Waals surface area contributed by atoms with Crippen molar-refractivity contribution >= 4 is 29.1 Å². The van der Waals surface area contributed by atoms with Gasteiger partial charge in [0.05, 0.1) is 10.0 Å². The molecular weight excluding hydrogens is 293 g/mol. The quantitative estimate of drug-likeness (QED) is 0.809. The van der Waals surface area contributed by atoms with Gasteiger partial charge in [-0.15, -0.1) is 0 Å². The minimum Gasteiger partial charge on any atom is -0.345 e. The molecule has 108 valence electrons. The van der Waals surface area contributed by atoms with E-state index in [1.165, 1.54) is 19.3 Å². The molecule has 2 nitrogen and oxygen atoms in total. The maximum absolute atomic E-state index is 12.4. The SMILES string of the molecule is CN(CC1CCC1)C(=O)C1CC1c1ccc(Cl)c(Cl)c1. The van der Waals surface area contributed by atoms with Crippen LogP contribution in [-0.4, -0.2) is 24.4 Å². The van der Waals surface area contributed by atoms with Gasteiger partial charge in [0, 0.05) is 19.5 Å². The molecule has 1 aromatic rings. The van der Waals surface area contributed by atoms with Crippen LogP contribution in [0.4, 0.5) is 0 Å². The third-order valence-electron chi connectivity index (χ3n) is 4.61. The second-order valence-corrected chi connectivity index (χ2v) is 6.95. The van der Waals surface area contributed by atoms with E-state index in [0.29, 0.717) is 16.0 Å². The van der Waals surface area contributed by atoms with Gasteiger partial charge in [0.25, 0.3) is 0 Å². The number of rotatable bonds is 4. The Morgan fingerprint density at radius 3 is 2.65 bits per heavy atom. The van der Waals surface area contributed by atoms with Gasteiger partial charge in [-0.3, -0.25) is 4.79 Å². The number of carbonyl (C=O) groups is 1. The highest BCUT2D eigenvalue weighted by Gasteiger charge is 2.45. The second kappa shape index (κ2) is 5.57. The monoisotopic (exact) mass is 311 g/mol. The maximum atomic E-state index is 12.4. The summed E-state index contributed by atoms with van der Waals surface area (Å²) in [6.45, 7) is 0.920. The summed E-state index contributed by atoms with van der Waals surface area (Å²) in [4.78, 5) is 14.3. The topological polar surface area (TPSA) is 20.3 Å². The van der Waals surface area contributed by atoms with E-state index in [-0.39, 0.29) is 11.8 Å². The van der Waals surface area contributed by atoms with Crippen LogP contribution in [0.15, 0.2) is 18.2 Å². The van der Waals surface area contributed by atoms with Crippen LogP contribution in [0.25, 0.3) is 0 Å². The Bertz CT molecular complexity index is 527. The first kappa shape index (κ1) is 14.2. The van der Waals surface area contributed by atoms with Crippen molar-refractivity contribution in [1.29, 1.82) is 0 Å². The predicted molar refractivity (Wildman–Crippen MR) is 82.3 cm³/mol. The Morgan fingerprint density at radius 2 is 2.05 bits per heavy atom. The lowest BCUT2D eigenvalue weighted by molar-refractivity contribution is -0.132. The molecule has 0 aliphatic heterocycles. The lowest BCUT2D eigenvalue weighted by atomic mass is 9.85. The van der Waals surface area contributed by atoms with E-state index in [2.05, 4.69) is 0 Å². The maximum Gasteiger partial charge on any atom is 0.226 e. The lowest BCUT2D eigenvalue weighted by Crippen LogP contribution is -2.35. The zero-order valence-electron chi connectivity index (χ0n) is 11.6. The molecule has 3 rings (SSSR count). The van der Waals surface area contributed by atoms with Crippen molar-refractivity contribution in [2.75, 3.05) is 13.6 Å². The molecule has 2 unspecified atom stereocenters. The van der Waals surface area contributed by atoms with Crippen molar-refractivity contribution in [3.8, 4) is 0 Å². The van der Waals surface area contributed by atoms with Gasteiger partial charge in [0.15, 0.2) is 0 Å². The average Bonchev–Trinajstić information content (AvgIpc) is 3.16. The minimum atomic E-state index is 0.136. The van der Waals surface area contributed by atoms with Crippen LogP contribution in [0.3, 0.4) is 0 Å². The largest absolute Gasteiger partial charge is 0.345 e. The van der Waals surface area contributed by atoms with Gasteiger partial charge in [-0.25, -0.2) is 0 Å². The molecule has 0 spiro atoms. The molecule has 2 saturated carbocycles. The molecule has 0 bridgehead atoms. The lowest BCUT2D eigenvalue weighted by Gasteiger charge is -2.30. The van der Waals surface area contributed by atoms with E-state index < -0.39 is 0 Å². The Hall–Kier alpha value is -0.730. The summed E-state index contributed by atoms with van der Waals surface area (Å²) in [6, 6.07) is 5.70. The first-order valence-corrected chi connectivity index (χ1v) is 8.02. The highest BCUT2D eigenvalue weighted by atomic mass is 35.5. The molecule has 0 heterocycles. The summed E-state index contributed by atoms with van der Waals surface area (Å²) < 4.78 is 0. The molecule has 4 heteroatoms. The fourth-order valence-corrected chi connectivity index (χ4v) is 3.32. The summed E-state index contributed by atoms with van der Waals surface area (Å²) >= 11 is 12.0. The molecular formula is C16H19Cl2NO. The summed E-state index contributed by atoms with van der Waals surface area (Å²) in [5.74, 6) is 1.47. The first-order chi connectivity index (χ1) is 9.56. The number of halogens is 2. The summed E-state index contributed by atoms with van der Waals surface area (Å²) in [6.07, 6.45) is 4.81. The molecule has 1 aromatic carbocycles. The van der Waals surface area contributed by atoms with E-state index in [0.717, 1.165) is 24.4 Å². The molecule has 0 saturated heterocycles. The summed E-state index contributed by atoms with van der Waals surface area (Å²) in [5, 5.41) is 1.14. The van der Waals surface area contributed by atoms with Gasteiger partial charge < -0.3 is 4.90 Å². The van der Waals surface area contributed by atoms with Gasteiger partial charge in [-0.2, -0.15) is 0 Å². The molecule has 2 aliphatic carbocycles. The normalized spacial score (nSPS) is 25.1. The minimum absolute atomic E-state index is 0.136. The van der Waals surface area contributed by atoms with Crippen molar-refractivity contribution in [3.63, 3.8) is 0 Å². The fraction of sp³-hybridized carbons (Fsp3) is 0.562. The number of carbonyl (C=O) groups excluding carboxylic acids is 1. The van der Waals surface area contributed by atoms with Gasteiger partial charge in [-0.05, 0) is 48.8 Å². The number of nitrogens with zero attached hydrogens (tertiary/aromatic N) is 1. The molecule has 2 fully saturated rings. The Morgan fingerprint density at radius 1 is 1.30 bits per heavy atom.